The van der Waals surface area contributed by atoms with E-state index >= 15 is 0 Å². The van der Waals surface area contributed by atoms with Crippen LogP contribution in [0.25, 0.3) is 0 Å². The van der Waals surface area contributed by atoms with Gasteiger partial charge < -0.3 is 10.1 Å². The Morgan fingerprint density at radius 3 is 2.68 bits per heavy atom. The summed E-state index contributed by atoms with van der Waals surface area (Å²) < 4.78 is 5.25. The topological polar surface area (TPSA) is 64.1 Å². The third kappa shape index (κ3) is 6.42. The molecule has 0 radical (unpaired) electrons. The van der Waals surface area contributed by atoms with Gasteiger partial charge >= 0.3 is 5.97 Å². The van der Waals surface area contributed by atoms with Crippen molar-refractivity contribution in [3.8, 4) is 0 Å². The first-order valence-electron chi connectivity index (χ1n) is 6.24. The second-order valence-electron chi connectivity index (χ2n) is 5.08. The maximum absolute atomic E-state index is 11.6. The highest BCUT2D eigenvalue weighted by molar-refractivity contribution is 7.99. The molecular formula is C13H21N3O2S. The highest BCUT2D eigenvalue weighted by Gasteiger charge is 2.16. The zero-order valence-corrected chi connectivity index (χ0v) is 12.9. The lowest BCUT2D eigenvalue weighted by Crippen LogP contribution is -2.24. The van der Waals surface area contributed by atoms with Gasteiger partial charge in [0, 0.05) is 12.2 Å². The molecule has 0 unspecified atom stereocenters. The zero-order chi connectivity index (χ0) is 14.5. The molecule has 0 saturated carbocycles. The number of carbonyl (C=O) groups is 1. The van der Waals surface area contributed by atoms with E-state index in [4.69, 9.17) is 4.74 Å². The molecule has 0 amide bonds. The molecule has 0 aromatic carbocycles. The molecule has 0 aliphatic rings. The second-order valence-corrected chi connectivity index (χ2v) is 6.07. The average Bonchev–Trinajstić information content (AvgIpc) is 2.24. The molecule has 1 heterocycles. The van der Waals surface area contributed by atoms with Gasteiger partial charge in [-0.1, -0.05) is 11.8 Å². The van der Waals surface area contributed by atoms with Crippen molar-refractivity contribution >= 4 is 23.7 Å². The van der Waals surface area contributed by atoms with Crippen molar-refractivity contribution in [1.82, 2.24) is 9.97 Å². The molecule has 1 N–H and O–H groups in total. The van der Waals surface area contributed by atoms with Crippen LogP contribution in [-0.4, -0.2) is 33.8 Å². The van der Waals surface area contributed by atoms with E-state index in [9.17, 15) is 4.79 Å². The fourth-order valence-electron chi connectivity index (χ4n) is 1.35. The van der Waals surface area contributed by atoms with Crippen LogP contribution in [0.5, 0.6) is 0 Å². The Hall–Kier alpha value is -1.30. The summed E-state index contributed by atoms with van der Waals surface area (Å²) >= 11 is 1.36. The molecule has 1 rings (SSSR count). The summed E-state index contributed by atoms with van der Waals surface area (Å²) in [5, 5.41) is 3.84. The number of ether oxygens (including phenoxy) is 1. The van der Waals surface area contributed by atoms with E-state index in [-0.39, 0.29) is 11.7 Å². The van der Waals surface area contributed by atoms with E-state index in [1.807, 2.05) is 40.7 Å². The Labute approximate surface area is 118 Å². The van der Waals surface area contributed by atoms with Crippen molar-refractivity contribution in [1.29, 1.82) is 0 Å². The SMILES string of the molecule is CCNc1nc(C)cc(SCC(=O)OC(C)(C)C)n1. The van der Waals surface area contributed by atoms with E-state index in [0.29, 0.717) is 5.95 Å². The lowest BCUT2D eigenvalue weighted by atomic mass is 10.2. The first-order chi connectivity index (χ1) is 8.80. The number of hydrogen-bond acceptors (Lipinski definition) is 6. The first-order valence-corrected chi connectivity index (χ1v) is 7.23. The van der Waals surface area contributed by atoms with Crippen LogP contribution in [0.15, 0.2) is 11.1 Å². The summed E-state index contributed by atoms with van der Waals surface area (Å²) in [6.07, 6.45) is 0. The van der Waals surface area contributed by atoms with Crippen LogP contribution < -0.4 is 5.32 Å². The quantitative estimate of drug-likeness (QED) is 0.509. The minimum atomic E-state index is -0.450. The number of nitrogens with zero attached hydrogens (tertiary/aromatic N) is 2. The summed E-state index contributed by atoms with van der Waals surface area (Å²) in [4.78, 5) is 20.2. The molecule has 6 heteroatoms. The van der Waals surface area contributed by atoms with Crippen molar-refractivity contribution in [2.45, 2.75) is 45.2 Å². The van der Waals surface area contributed by atoms with Crippen LogP contribution >= 0.6 is 11.8 Å². The van der Waals surface area contributed by atoms with Gasteiger partial charge in [0.05, 0.1) is 5.75 Å². The lowest BCUT2D eigenvalue weighted by Gasteiger charge is -2.19. The Morgan fingerprint density at radius 1 is 1.42 bits per heavy atom. The normalized spacial score (nSPS) is 11.2. The van der Waals surface area contributed by atoms with Crippen LogP contribution in [0, 0.1) is 6.92 Å². The maximum atomic E-state index is 11.6. The maximum Gasteiger partial charge on any atom is 0.316 e. The summed E-state index contributed by atoms with van der Waals surface area (Å²) in [5.74, 6) is 0.604. The zero-order valence-electron chi connectivity index (χ0n) is 12.1. The van der Waals surface area contributed by atoms with E-state index in [2.05, 4.69) is 15.3 Å². The standard InChI is InChI=1S/C13H21N3O2S/c1-6-14-12-15-9(2)7-10(16-12)19-8-11(17)18-13(3,4)5/h7H,6,8H2,1-5H3,(H,14,15,16). The molecule has 1 aromatic heterocycles. The highest BCUT2D eigenvalue weighted by Crippen LogP contribution is 2.19. The van der Waals surface area contributed by atoms with Crippen LogP contribution in [-0.2, 0) is 9.53 Å². The summed E-state index contributed by atoms with van der Waals surface area (Å²) in [6.45, 7) is 10.2. The van der Waals surface area contributed by atoms with Gasteiger partial charge in [-0.15, -0.1) is 0 Å². The number of esters is 1. The fourth-order valence-corrected chi connectivity index (χ4v) is 2.08. The smallest absolute Gasteiger partial charge is 0.316 e. The minimum absolute atomic E-state index is 0.237. The molecule has 0 spiro atoms. The van der Waals surface area contributed by atoms with Crippen LogP contribution in [0.3, 0.4) is 0 Å². The van der Waals surface area contributed by atoms with Crippen molar-refractivity contribution < 1.29 is 9.53 Å². The Kier molecular flexibility index (Phi) is 5.60. The van der Waals surface area contributed by atoms with E-state index in [1.165, 1.54) is 11.8 Å². The summed E-state index contributed by atoms with van der Waals surface area (Å²) in [5.41, 5.74) is 0.423. The largest absolute Gasteiger partial charge is 0.459 e. The Morgan fingerprint density at radius 2 is 2.11 bits per heavy atom. The van der Waals surface area contributed by atoms with Crippen molar-refractivity contribution in [2.24, 2.45) is 0 Å². The molecule has 0 bridgehead atoms. The van der Waals surface area contributed by atoms with Gasteiger partial charge in [0.15, 0.2) is 0 Å². The number of thioether (sulfide) groups is 1. The monoisotopic (exact) mass is 283 g/mol. The number of hydrogen-bond donors (Lipinski definition) is 1. The van der Waals surface area contributed by atoms with Crippen molar-refractivity contribution in [3.05, 3.63) is 11.8 Å². The number of rotatable bonds is 5. The van der Waals surface area contributed by atoms with Gasteiger partial charge in [-0.3, -0.25) is 4.79 Å². The highest BCUT2D eigenvalue weighted by atomic mass is 32.2. The van der Waals surface area contributed by atoms with Crippen LogP contribution in [0.1, 0.15) is 33.4 Å². The predicted molar refractivity (Wildman–Crippen MR) is 77.5 cm³/mol. The molecule has 0 atom stereocenters. The summed E-state index contributed by atoms with van der Waals surface area (Å²) in [7, 11) is 0. The lowest BCUT2D eigenvalue weighted by molar-refractivity contribution is -0.151. The molecule has 106 valence electrons. The van der Waals surface area contributed by atoms with E-state index in [0.717, 1.165) is 17.3 Å². The number of anilines is 1. The van der Waals surface area contributed by atoms with E-state index < -0.39 is 5.60 Å². The fraction of sp³-hybridized carbons (Fsp3) is 0.615. The first kappa shape index (κ1) is 15.8. The molecule has 1 aromatic rings. The molecule has 19 heavy (non-hydrogen) atoms. The molecular weight excluding hydrogens is 262 g/mol. The van der Waals surface area contributed by atoms with Gasteiger partial charge in [-0.25, -0.2) is 9.97 Å². The van der Waals surface area contributed by atoms with Crippen LogP contribution in [0.2, 0.25) is 0 Å². The Balaban J connectivity index is 2.60. The minimum Gasteiger partial charge on any atom is -0.459 e. The van der Waals surface area contributed by atoms with Crippen LogP contribution in [0.4, 0.5) is 5.95 Å². The van der Waals surface area contributed by atoms with Gasteiger partial charge in [-0.2, -0.15) is 0 Å². The average molecular weight is 283 g/mol. The number of carbonyl (C=O) groups excluding carboxylic acids is 1. The third-order valence-electron chi connectivity index (χ3n) is 1.92. The van der Waals surface area contributed by atoms with Gasteiger partial charge in [0.1, 0.15) is 10.6 Å². The number of nitrogens with one attached hydrogen (secondary N) is 1. The van der Waals surface area contributed by atoms with Crippen molar-refractivity contribution in [2.75, 3.05) is 17.6 Å². The molecule has 0 aliphatic heterocycles. The predicted octanol–water partition coefficient (Wildman–Crippen LogP) is 2.65. The van der Waals surface area contributed by atoms with E-state index in [1.54, 1.807) is 0 Å². The molecule has 0 fully saturated rings. The van der Waals surface area contributed by atoms with Crippen molar-refractivity contribution in [3.63, 3.8) is 0 Å². The second kappa shape index (κ2) is 6.75. The van der Waals surface area contributed by atoms with Gasteiger partial charge in [0.25, 0.3) is 0 Å². The summed E-state index contributed by atoms with van der Waals surface area (Å²) in [6, 6.07) is 1.86. The van der Waals surface area contributed by atoms with Gasteiger partial charge in [0.2, 0.25) is 5.95 Å². The Bertz CT molecular complexity index is 444. The molecule has 0 aliphatic carbocycles. The number of aryl methyl sites for hydroxylation is 1. The van der Waals surface area contributed by atoms with Gasteiger partial charge in [-0.05, 0) is 40.7 Å². The molecule has 0 saturated heterocycles. The number of aromatic nitrogens is 2. The third-order valence-corrected chi connectivity index (χ3v) is 2.81. The molecule has 5 nitrogen and oxygen atoms in total.